The van der Waals surface area contributed by atoms with E-state index in [0.717, 1.165) is 32.4 Å². The lowest BCUT2D eigenvalue weighted by molar-refractivity contribution is -0.139. The van der Waals surface area contributed by atoms with E-state index in [-0.39, 0.29) is 6.10 Å². The Morgan fingerprint density at radius 3 is 3.00 bits per heavy atom. The summed E-state index contributed by atoms with van der Waals surface area (Å²) in [6, 6.07) is 0. The molecule has 0 radical (unpaired) electrons. The molecule has 0 bridgehead atoms. The van der Waals surface area contributed by atoms with Gasteiger partial charge < -0.3 is 9.84 Å². The standard InChI is InChI=1S/C11H15N3O3/c15-11(16)7-3-1-5-14-10(7)12-9(13-14)8-4-2-6-17-8/h7-8H,1-6H2,(H,15,16). The Kier molecular flexibility index (Phi) is 2.58. The van der Waals surface area contributed by atoms with Gasteiger partial charge in [0.2, 0.25) is 0 Å². The highest BCUT2D eigenvalue weighted by Gasteiger charge is 2.32. The first-order valence-corrected chi connectivity index (χ1v) is 6.05. The summed E-state index contributed by atoms with van der Waals surface area (Å²) in [5, 5.41) is 13.5. The molecule has 0 spiro atoms. The highest BCUT2D eigenvalue weighted by atomic mass is 16.5. The first kappa shape index (κ1) is 10.7. The molecule has 3 heterocycles. The molecule has 1 aromatic heterocycles. The molecule has 0 amide bonds. The molecule has 2 aliphatic rings. The number of nitrogens with zero attached hydrogens (tertiary/aromatic N) is 3. The lowest BCUT2D eigenvalue weighted by atomic mass is 10.00. The quantitative estimate of drug-likeness (QED) is 0.833. The van der Waals surface area contributed by atoms with E-state index < -0.39 is 11.9 Å². The van der Waals surface area contributed by atoms with Crippen molar-refractivity contribution in [1.82, 2.24) is 14.8 Å². The van der Waals surface area contributed by atoms with Gasteiger partial charge in [-0.15, -0.1) is 0 Å². The van der Waals surface area contributed by atoms with Crippen molar-refractivity contribution in [2.75, 3.05) is 6.61 Å². The average Bonchev–Trinajstić information content (AvgIpc) is 2.96. The van der Waals surface area contributed by atoms with E-state index in [4.69, 9.17) is 9.84 Å². The van der Waals surface area contributed by atoms with Crippen molar-refractivity contribution in [3.8, 4) is 0 Å². The molecule has 3 rings (SSSR count). The third-order valence-corrected chi connectivity index (χ3v) is 3.41. The van der Waals surface area contributed by atoms with E-state index in [2.05, 4.69) is 10.1 Å². The predicted octanol–water partition coefficient (Wildman–Crippen LogP) is 1.09. The monoisotopic (exact) mass is 237 g/mol. The Labute approximate surface area is 98.6 Å². The largest absolute Gasteiger partial charge is 0.481 e. The van der Waals surface area contributed by atoms with Crippen LogP contribution in [0.25, 0.3) is 0 Å². The number of carbonyl (C=O) groups is 1. The molecule has 6 heteroatoms. The fourth-order valence-corrected chi connectivity index (χ4v) is 2.52. The number of carboxylic acid groups (broad SMARTS) is 1. The zero-order chi connectivity index (χ0) is 11.8. The zero-order valence-corrected chi connectivity index (χ0v) is 9.50. The Morgan fingerprint density at radius 2 is 2.29 bits per heavy atom. The maximum Gasteiger partial charge on any atom is 0.314 e. The summed E-state index contributed by atoms with van der Waals surface area (Å²) < 4.78 is 7.26. The topological polar surface area (TPSA) is 77.2 Å². The molecule has 1 aromatic rings. The van der Waals surface area contributed by atoms with E-state index in [9.17, 15) is 4.79 Å². The SMILES string of the molecule is O=C(O)C1CCCn2nc(C3CCCO3)nc21. The maximum absolute atomic E-state index is 11.1. The van der Waals surface area contributed by atoms with Crippen LogP contribution in [0.15, 0.2) is 0 Å². The molecule has 2 atom stereocenters. The van der Waals surface area contributed by atoms with Gasteiger partial charge in [0.05, 0.1) is 0 Å². The number of ether oxygens (including phenoxy) is 1. The lowest BCUT2D eigenvalue weighted by Gasteiger charge is -2.17. The van der Waals surface area contributed by atoms with Gasteiger partial charge in [0.25, 0.3) is 0 Å². The van der Waals surface area contributed by atoms with E-state index in [1.165, 1.54) is 0 Å². The second-order valence-electron chi connectivity index (χ2n) is 4.59. The predicted molar refractivity (Wildman–Crippen MR) is 57.6 cm³/mol. The number of aromatic nitrogens is 3. The van der Waals surface area contributed by atoms with Crippen molar-refractivity contribution >= 4 is 5.97 Å². The number of aryl methyl sites for hydroxylation is 1. The van der Waals surface area contributed by atoms with Crippen LogP contribution in [0, 0.1) is 0 Å². The Balaban J connectivity index is 1.92. The molecule has 2 aliphatic heterocycles. The lowest BCUT2D eigenvalue weighted by Crippen LogP contribution is -2.22. The molecule has 0 aliphatic carbocycles. The zero-order valence-electron chi connectivity index (χ0n) is 9.50. The summed E-state index contributed by atoms with van der Waals surface area (Å²) in [5.74, 6) is -0.0662. The van der Waals surface area contributed by atoms with Gasteiger partial charge >= 0.3 is 5.97 Å². The normalized spacial score (nSPS) is 28.0. The fourth-order valence-electron chi connectivity index (χ4n) is 2.52. The molecule has 0 aromatic carbocycles. The van der Waals surface area contributed by atoms with Crippen LogP contribution in [0.2, 0.25) is 0 Å². The molecule has 1 saturated heterocycles. The number of fused-ring (bicyclic) bond motifs is 1. The Bertz CT molecular complexity index is 437. The van der Waals surface area contributed by atoms with Crippen LogP contribution in [0.1, 0.15) is 49.4 Å². The van der Waals surface area contributed by atoms with Crippen molar-refractivity contribution < 1.29 is 14.6 Å². The summed E-state index contributed by atoms with van der Waals surface area (Å²) in [6.07, 6.45) is 3.41. The van der Waals surface area contributed by atoms with Gasteiger partial charge in [-0.3, -0.25) is 4.79 Å². The van der Waals surface area contributed by atoms with Gasteiger partial charge in [-0.05, 0) is 25.7 Å². The maximum atomic E-state index is 11.1. The molecular formula is C11H15N3O3. The minimum atomic E-state index is -0.808. The van der Waals surface area contributed by atoms with Gasteiger partial charge in [-0.1, -0.05) is 0 Å². The van der Waals surface area contributed by atoms with Gasteiger partial charge in [0.15, 0.2) is 5.82 Å². The van der Waals surface area contributed by atoms with Crippen LogP contribution < -0.4 is 0 Å². The Hall–Kier alpha value is -1.43. The smallest absolute Gasteiger partial charge is 0.314 e. The third-order valence-electron chi connectivity index (χ3n) is 3.41. The van der Waals surface area contributed by atoms with Crippen molar-refractivity contribution in [1.29, 1.82) is 0 Å². The number of rotatable bonds is 2. The van der Waals surface area contributed by atoms with Gasteiger partial charge in [-0.25, -0.2) is 9.67 Å². The highest BCUT2D eigenvalue weighted by Crippen LogP contribution is 2.30. The first-order chi connectivity index (χ1) is 8.25. The van der Waals surface area contributed by atoms with Crippen LogP contribution in [0.3, 0.4) is 0 Å². The Morgan fingerprint density at radius 1 is 1.41 bits per heavy atom. The van der Waals surface area contributed by atoms with Crippen molar-refractivity contribution in [3.05, 3.63) is 11.6 Å². The summed E-state index contributed by atoms with van der Waals surface area (Å²) in [5.41, 5.74) is 0. The van der Waals surface area contributed by atoms with Crippen molar-refractivity contribution in [3.63, 3.8) is 0 Å². The summed E-state index contributed by atoms with van der Waals surface area (Å²) in [7, 11) is 0. The van der Waals surface area contributed by atoms with Crippen LogP contribution in [-0.4, -0.2) is 32.4 Å². The molecule has 6 nitrogen and oxygen atoms in total. The highest BCUT2D eigenvalue weighted by molar-refractivity contribution is 5.75. The number of hydrogen-bond acceptors (Lipinski definition) is 4. The minimum Gasteiger partial charge on any atom is -0.481 e. The van der Waals surface area contributed by atoms with E-state index >= 15 is 0 Å². The summed E-state index contributed by atoms with van der Waals surface area (Å²) in [4.78, 5) is 15.5. The van der Waals surface area contributed by atoms with Crippen LogP contribution in [0.4, 0.5) is 0 Å². The van der Waals surface area contributed by atoms with Crippen LogP contribution in [-0.2, 0) is 16.1 Å². The minimum absolute atomic E-state index is 0.0393. The van der Waals surface area contributed by atoms with Gasteiger partial charge in [0.1, 0.15) is 17.8 Å². The van der Waals surface area contributed by atoms with Gasteiger partial charge in [-0.2, -0.15) is 5.10 Å². The first-order valence-electron chi connectivity index (χ1n) is 6.05. The molecular weight excluding hydrogens is 222 g/mol. The molecule has 0 saturated carbocycles. The molecule has 92 valence electrons. The summed E-state index contributed by atoms with van der Waals surface area (Å²) in [6.45, 7) is 1.51. The molecule has 1 fully saturated rings. The second-order valence-corrected chi connectivity index (χ2v) is 4.59. The molecule has 17 heavy (non-hydrogen) atoms. The van der Waals surface area contributed by atoms with E-state index in [1.807, 2.05) is 0 Å². The average molecular weight is 237 g/mol. The van der Waals surface area contributed by atoms with Crippen LogP contribution >= 0.6 is 0 Å². The fraction of sp³-hybridized carbons (Fsp3) is 0.727. The third kappa shape index (κ3) is 1.82. The molecule has 2 unspecified atom stereocenters. The van der Waals surface area contributed by atoms with Gasteiger partial charge in [0, 0.05) is 13.2 Å². The van der Waals surface area contributed by atoms with E-state index in [1.54, 1.807) is 4.68 Å². The second kappa shape index (κ2) is 4.10. The van der Waals surface area contributed by atoms with E-state index in [0.29, 0.717) is 18.1 Å². The van der Waals surface area contributed by atoms with Crippen molar-refractivity contribution in [2.24, 2.45) is 0 Å². The van der Waals surface area contributed by atoms with Crippen molar-refractivity contribution in [2.45, 2.75) is 44.2 Å². The van der Waals surface area contributed by atoms with Crippen LogP contribution in [0.5, 0.6) is 0 Å². The summed E-state index contributed by atoms with van der Waals surface area (Å²) >= 11 is 0. The number of aliphatic carboxylic acids is 1. The molecule has 1 N–H and O–H groups in total. The number of carboxylic acids is 1. The number of hydrogen-bond donors (Lipinski definition) is 1.